The van der Waals surface area contributed by atoms with Crippen molar-refractivity contribution in [3.8, 4) is 0 Å². The molecule has 0 fully saturated rings. The van der Waals surface area contributed by atoms with Gasteiger partial charge in [0.1, 0.15) is 0 Å². The van der Waals surface area contributed by atoms with Gasteiger partial charge in [-0.2, -0.15) is 0 Å². The minimum Gasteiger partial charge on any atom is -0.409 e. The van der Waals surface area contributed by atoms with Gasteiger partial charge in [0.05, 0.1) is 9.82 Å². The third kappa shape index (κ3) is 2.72. The highest BCUT2D eigenvalue weighted by Crippen LogP contribution is 2.34. The molecule has 0 radical (unpaired) electrons. The molecule has 1 aromatic carbocycles. The van der Waals surface area contributed by atoms with Crippen molar-refractivity contribution in [1.82, 2.24) is 9.55 Å². The fraction of sp³-hybridized carbons (Fsp3) is 0.0909. The number of nitro benzene ring substituents is 1. The molecule has 0 bridgehead atoms. The van der Waals surface area contributed by atoms with Crippen LogP contribution in [0.25, 0.3) is 0 Å². The molecule has 8 nitrogen and oxygen atoms in total. The summed E-state index contributed by atoms with van der Waals surface area (Å²) in [6, 6.07) is 4.36. The van der Waals surface area contributed by atoms with E-state index >= 15 is 0 Å². The standard InChI is InChI=1S/C11H11N5O3S/c1-15-5-4-13-11(15)20-9-3-2-7(10(12)14-17)6-8(9)16(18)19/h2-6,17H,1H3,(H2,12,14). The average Bonchev–Trinajstić information content (AvgIpc) is 2.83. The molecule has 0 aliphatic rings. The van der Waals surface area contributed by atoms with Gasteiger partial charge in [-0.1, -0.05) is 5.16 Å². The van der Waals surface area contributed by atoms with Crippen molar-refractivity contribution in [2.24, 2.45) is 17.9 Å². The van der Waals surface area contributed by atoms with E-state index in [2.05, 4.69) is 10.1 Å². The number of nitrogens with two attached hydrogens (primary N) is 1. The van der Waals surface area contributed by atoms with Crippen molar-refractivity contribution in [3.05, 3.63) is 46.3 Å². The van der Waals surface area contributed by atoms with Crippen molar-refractivity contribution < 1.29 is 10.1 Å². The van der Waals surface area contributed by atoms with Crippen LogP contribution in [0, 0.1) is 10.1 Å². The average molecular weight is 293 g/mol. The van der Waals surface area contributed by atoms with Crippen LogP contribution in [-0.4, -0.2) is 25.5 Å². The molecule has 2 rings (SSSR count). The maximum absolute atomic E-state index is 11.1. The highest BCUT2D eigenvalue weighted by atomic mass is 32.2. The summed E-state index contributed by atoms with van der Waals surface area (Å²) in [5, 5.41) is 23.2. The lowest BCUT2D eigenvalue weighted by Crippen LogP contribution is -2.13. The normalized spacial score (nSPS) is 11.6. The van der Waals surface area contributed by atoms with Crippen molar-refractivity contribution in [3.63, 3.8) is 0 Å². The molecule has 1 aromatic heterocycles. The Kier molecular flexibility index (Phi) is 3.89. The first-order valence-electron chi connectivity index (χ1n) is 5.44. The number of imidazole rings is 1. The first kappa shape index (κ1) is 13.9. The number of rotatable bonds is 4. The van der Waals surface area contributed by atoms with Crippen molar-refractivity contribution in [1.29, 1.82) is 0 Å². The second-order valence-corrected chi connectivity index (χ2v) is 4.86. The minimum absolute atomic E-state index is 0.123. The van der Waals surface area contributed by atoms with Crippen LogP contribution in [0.4, 0.5) is 5.69 Å². The van der Waals surface area contributed by atoms with E-state index in [0.29, 0.717) is 10.1 Å². The Morgan fingerprint density at radius 2 is 2.35 bits per heavy atom. The van der Waals surface area contributed by atoms with E-state index in [0.717, 1.165) is 0 Å². The topological polar surface area (TPSA) is 120 Å². The van der Waals surface area contributed by atoms with Crippen molar-refractivity contribution in [2.75, 3.05) is 0 Å². The van der Waals surface area contributed by atoms with Crippen molar-refractivity contribution in [2.45, 2.75) is 10.1 Å². The van der Waals surface area contributed by atoms with Crippen LogP contribution in [0.2, 0.25) is 0 Å². The molecule has 0 aliphatic carbocycles. The smallest absolute Gasteiger partial charge is 0.284 e. The van der Waals surface area contributed by atoms with E-state index in [4.69, 9.17) is 10.9 Å². The summed E-state index contributed by atoms with van der Waals surface area (Å²) in [5.74, 6) is -0.179. The fourth-order valence-corrected chi connectivity index (χ4v) is 2.40. The van der Waals surface area contributed by atoms with Gasteiger partial charge in [0, 0.05) is 31.1 Å². The largest absolute Gasteiger partial charge is 0.409 e. The van der Waals surface area contributed by atoms with E-state index in [9.17, 15) is 10.1 Å². The van der Waals surface area contributed by atoms with Gasteiger partial charge < -0.3 is 15.5 Å². The Morgan fingerprint density at radius 1 is 1.60 bits per heavy atom. The van der Waals surface area contributed by atoms with Crippen LogP contribution >= 0.6 is 11.8 Å². The number of amidine groups is 1. The predicted molar refractivity (Wildman–Crippen MR) is 72.9 cm³/mol. The van der Waals surface area contributed by atoms with Crippen LogP contribution in [0.5, 0.6) is 0 Å². The number of hydrogen-bond donors (Lipinski definition) is 2. The lowest BCUT2D eigenvalue weighted by molar-refractivity contribution is -0.387. The Labute approximate surface area is 118 Å². The Morgan fingerprint density at radius 3 is 2.90 bits per heavy atom. The molecule has 0 atom stereocenters. The van der Waals surface area contributed by atoms with Gasteiger partial charge in [-0.15, -0.1) is 0 Å². The van der Waals surface area contributed by atoms with Gasteiger partial charge in [0.15, 0.2) is 11.0 Å². The van der Waals surface area contributed by atoms with Crippen LogP contribution in [-0.2, 0) is 7.05 Å². The molecule has 2 aromatic rings. The number of nitrogens with zero attached hydrogens (tertiary/aromatic N) is 4. The van der Waals surface area contributed by atoms with Crippen LogP contribution in [0.3, 0.4) is 0 Å². The van der Waals surface area contributed by atoms with Crippen LogP contribution in [0.15, 0.2) is 45.8 Å². The zero-order valence-electron chi connectivity index (χ0n) is 10.4. The van der Waals surface area contributed by atoms with Gasteiger partial charge >= 0.3 is 0 Å². The Balaban J connectivity index is 2.43. The summed E-state index contributed by atoms with van der Waals surface area (Å²) >= 11 is 1.17. The van der Waals surface area contributed by atoms with Gasteiger partial charge in [-0.05, 0) is 23.9 Å². The molecular weight excluding hydrogens is 282 g/mol. The van der Waals surface area contributed by atoms with Crippen LogP contribution in [0.1, 0.15) is 5.56 Å². The third-order valence-electron chi connectivity index (χ3n) is 2.54. The molecule has 0 spiro atoms. The molecule has 104 valence electrons. The van der Waals surface area contributed by atoms with E-state index < -0.39 is 4.92 Å². The first-order chi connectivity index (χ1) is 9.52. The highest BCUT2D eigenvalue weighted by molar-refractivity contribution is 7.99. The third-order valence-corrected chi connectivity index (χ3v) is 3.68. The fourth-order valence-electron chi connectivity index (χ4n) is 1.51. The lowest BCUT2D eigenvalue weighted by Gasteiger charge is -2.05. The van der Waals surface area contributed by atoms with Crippen molar-refractivity contribution >= 4 is 23.3 Å². The minimum atomic E-state index is -0.514. The van der Waals surface area contributed by atoms with E-state index in [-0.39, 0.29) is 17.1 Å². The second-order valence-electron chi connectivity index (χ2n) is 3.85. The highest BCUT2D eigenvalue weighted by Gasteiger charge is 2.18. The van der Waals surface area contributed by atoms with Gasteiger partial charge in [-0.3, -0.25) is 10.1 Å². The molecular formula is C11H11N5O3S. The molecule has 9 heteroatoms. The Bertz CT molecular complexity index is 682. The maximum atomic E-state index is 11.1. The predicted octanol–water partition coefficient (Wildman–Crippen LogP) is 1.57. The molecule has 0 aliphatic heterocycles. The summed E-state index contributed by atoms with van der Waals surface area (Å²) in [7, 11) is 1.80. The number of aryl methyl sites for hydroxylation is 1. The van der Waals surface area contributed by atoms with E-state index in [1.807, 2.05) is 0 Å². The molecule has 0 unspecified atom stereocenters. The summed E-state index contributed by atoms with van der Waals surface area (Å²) in [6.07, 6.45) is 3.36. The molecule has 20 heavy (non-hydrogen) atoms. The first-order valence-corrected chi connectivity index (χ1v) is 6.26. The zero-order valence-corrected chi connectivity index (χ0v) is 11.2. The molecule has 0 amide bonds. The monoisotopic (exact) mass is 293 g/mol. The van der Waals surface area contributed by atoms with Crippen LogP contribution < -0.4 is 5.73 Å². The zero-order chi connectivity index (χ0) is 14.7. The summed E-state index contributed by atoms with van der Waals surface area (Å²) in [5.41, 5.74) is 5.59. The SMILES string of the molecule is Cn1ccnc1Sc1ccc(C(N)=NO)cc1[N+](=O)[O-]. The number of benzene rings is 1. The van der Waals surface area contributed by atoms with Gasteiger partial charge in [0.25, 0.3) is 5.69 Å². The summed E-state index contributed by atoms with van der Waals surface area (Å²) in [6.45, 7) is 0. The van der Waals surface area contributed by atoms with Gasteiger partial charge in [0.2, 0.25) is 0 Å². The molecule has 3 N–H and O–H groups in total. The number of aromatic nitrogens is 2. The lowest BCUT2D eigenvalue weighted by atomic mass is 10.2. The number of nitro groups is 1. The number of hydrogen-bond acceptors (Lipinski definition) is 6. The van der Waals surface area contributed by atoms with E-state index in [1.54, 1.807) is 36.1 Å². The summed E-state index contributed by atoms with van der Waals surface area (Å²) in [4.78, 5) is 15.1. The summed E-state index contributed by atoms with van der Waals surface area (Å²) < 4.78 is 1.76. The molecule has 0 saturated heterocycles. The Hall–Kier alpha value is -2.55. The molecule has 0 saturated carbocycles. The quantitative estimate of drug-likeness (QED) is 0.290. The molecule has 1 heterocycles. The van der Waals surface area contributed by atoms with Gasteiger partial charge in [-0.25, -0.2) is 4.98 Å². The van der Waals surface area contributed by atoms with E-state index in [1.165, 1.54) is 17.8 Å². The maximum Gasteiger partial charge on any atom is 0.284 e. The number of oxime groups is 1. The second kappa shape index (κ2) is 5.61.